The van der Waals surface area contributed by atoms with Gasteiger partial charge in [0.15, 0.2) is 5.13 Å². The molecular formula is C23H23N3O3S. The molecule has 1 N–H and O–H groups in total. The van der Waals surface area contributed by atoms with Crippen molar-refractivity contribution in [2.24, 2.45) is 5.92 Å². The molecule has 0 bridgehead atoms. The molecule has 0 aliphatic carbocycles. The van der Waals surface area contributed by atoms with Crippen molar-refractivity contribution in [1.29, 1.82) is 0 Å². The molecule has 4 rings (SSSR count). The quantitative estimate of drug-likeness (QED) is 0.653. The van der Waals surface area contributed by atoms with Crippen molar-refractivity contribution in [2.75, 3.05) is 23.9 Å². The summed E-state index contributed by atoms with van der Waals surface area (Å²) in [6.45, 7) is 4.56. The molecule has 1 aromatic heterocycles. The number of thiazole rings is 1. The number of para-hydroxylation sites is 1. The van der Waals surface area contributed by atoms with Gasteiger partial charge in [0.25, 0.3) is 5.91 Å². The first-order valence-corrected chi connectivity index (χ1v) is 10.7. The van der Waals surface area contributed by atoms with Crippen molar-refractivity contribution in [3.8, 4) is 17.0 Å². The largest absolute Gasteiger partial charge is 0.496 e. The topological polar surface area (TPSA) is 71.5 Å². The number of ether oxygens (including phenoxy) is 1. The van der Waals surface area contributed by atoms with Gasteiger partial charge in [-0.3, -0.25) is 14.9 Å². The third-order valence-corrected chi connectivity index (χ3v) is 5.86. The molecule has 0 fully saturated rings. The average Bonchev–Trinajstić information content (AvgIpc) is 3.39. The van der Waals surface area contributed by atoms with Crippen LogP contribution in [-0.2, 0) is 11.2 Å². The van der Waals surface area contributed by atoms with E-state index in [-0.39, 0.29) is 17.7 Å². The van der Waals surface area contributed by atoms with Gasteiger partial charge in [-0.25, -0.2) is 4.98 Å². The molecule has 1 aliphatic rings. The van der Waals surface area contributed by atoms with E-state index in [9.17, 15) is 9.59 Å². The zero-order valence-electron chi connectivity index (χ0n) is 17.1. The highest BCUT2D eigenvalue weighted by atomic mass is 32.1. The lowest BCUT2D eigenvalue weighted by Gasteiger charge is -2.19. The van der Waals surface area contributed by atoms with Crippen molar-refractivity contribution >= 4 is 34.0 Å². The molecule has 2 heterocycles. The Morgan fingerprint density at radius 3 is 2.77 bits per heavy atom. The van der Waals surface area contributed by atoms with Crippen molar-refractivity contribution in [3.05, 3.63) is 59.0 Å². The average molecular weight is 422 g/mol. The molecule has 6 nitrogen and oxygen atoms in total. The van der Waals surface area contributed by atoms with Crippen LogP contribution in [0.15, 0.2) is 47.8 Å². The van der Waals surface area contributed by atoms with Gasteiger partial charge in [0, 0.05) is 29.1 Å². The Hall–Kier alpha value is -3.19. The van der Waals surface area contributed by atoms with Crippen LogP contribution in [0.5, 0.6) is 5.75 Å². The van der Waals surface area contributed by atoms with Gasteiger partial charge in [-0.05, 0) is 36.2 Å². The number of nitrogens with zero attached hydrogens (tertiary/aromatic N) is 2. The predicted octanol–water partition coefficient (Wildman–Crippen LogP) is 4.62. The van der Waals surface area contributed by atoms with Gasteiger partial charge in [0.1, 0.15) is 5.75 Å². The first-order chi connectivity index (χ1) is 14.5. The van der Waals surface area contributed by atoms with E-state index >= 15 is 0 Å². The molecule has 3 aromatic rings. The molecular weight excluding hydrogens is 398 g/mol. The molecule has 7 heteroatoms. The van der Waals surface area contributed by atoms with Gasteiger partial charge in [0.05, 0.1) is 18.4 Å². The van der Waals surface area contributed by atoms with Crippen LogP contribution in [0.2, 0.25) is 0 Å². The number of anilines is 2. The molecule has 0 saturated carbocycles. The van der Waals surface area contributed by atoms with Crippen LogP contribution in [0.4, 0.5) is 10.8 Å². The predicted molar refractivity (Wildman–Crippen MR) is 119 cm³/mol. The number of carbonyl (C=O) groups excluding carboxylic acids is 2. The van der Waals surface area contributed by atoms with Crippen LogP contribution in [0.3, 0.4) is 0 Å². The minimum absolute atomic E-state index is 0.0245. The third kappa shape index (κ3) is 3.80. The summed E-state index contributed by atoms with van der Waals surface area (Å²) in [6, 6.07) is 13.1. The van der Waals surface area contributed by atoms with E-state index < -0.39 is 0 Å². The Kier molecular flexibility index (Phi) is 5.55. The first-order valence-electron chi connectivity index (χ1n) is 9.82. The fourth-order valence-electron chi connectivity index (χ4n) is 3.56. The molecule has 0 atom stereocenters. The number of aromatic nitrogens is 1. The number of hydrogen-bond donors (Lipinski definition) is 1. The van der Waals surface area contributed by atoms with E-state index in [4.69, 9.17) is 4.74 Å². The maximum Gasteiger partial charge on any atom is 0.261 e. The van der Waals surface area contributed by atoms with Crippen LogP contribution < -0.4 is 15.0 Å². The molecule has 30 heavy (non-hydrogen) atoms. The summed E-state index contributed by atoms with van der Waals surface area (Å²) in [5.41, 5.74) is 4.36. The van der Waals surface area contributed by atoms with Gasteiger partial charge in [-0.15, -0.1) is 11.3 Å². The Morgan fingerprint density at radius 1 is 1.20 bits per heavy atom. The van der Waals surface area contributed by atoms with E-state index in [1.54, 1.807) is 18.2 Å². The van der Waals surface area contributed by atoms with E-state index in [1.807, 2.05) is 42.3 Å². The third-order valence-electron chi connectivity index (χ3n) is 5.11. The van der Waals surface area contributed by atoms with Gasteiger partial charge in [0.2, 0.25) is 5.91 Å². The zero-order chi connectivity index (χ0) is 21.3. The number of methoxy groups -OCH3 is 1. The van der Waals surface area contributed by atoms with E-state index in [0.29, 0.717) is 23.0 Å². The van der Waals surface area contributed by atoms with Crippen LogP contribution in [0.25, 0.3) is 11.3 Å². The molecule has 0 unspecified atom stereocenters. The Morgan fingerprint density at radius 2 is 2.00 bits per heavy atom. The summed E-state index contributed by atoms with van der Waals surface area (Å²) in [5, 5.41) is 5.29. The Labute approximate surface area is 179 Å². The van der Waals surface area contributed by atoms with Crippen molar-refractivity contribution in [2.45, 2.75) is 20.3 Å². The van der Waals surface area contributed by atoms with Gasteiger partial charge in [-0.2, -0.15) is 0 Å². The highest BCUT2D eigenvalue weighted by molar-refractivity contribution is 7.14. The number of amides is 2. The summed E-state index contributed by atoms with van der Waals surface area (Å²) in [5.74, 6) is 0.385. The van der Waals surface area contributed by atoms with Gasteiger partial charge >= 0.3 is 0 Å². The summed E-state index contributed by atoms with van der Waals surface area (Å²) in [4.78, 5) is 31.4. The molecule has 0 radical (unpaired) electrons. The molecule has 0 spiro atoms. The van der Waals surface area contributed by atoms with Crippen molar-refractivity contribution in [1.82, 2.24) is 4.98 Å². The Bertz CT molecular complexity index is 1110. The van der Waals surface area contributed by atoms with Crippen LogP contribution in [0, 0.1) is 5.92 Å². The number of rotatable bonds is 5. The lowest BCUT2D eigenvalue weighted by molar-refractivity contribution is -0.121. The lowest BCUT2D eigenvalue weighted by Crippen LogP contribution is -2.32. The number of nitrogens with one attached hydrogen (secondary N) is 1. The van der Waals surface area contributed by atoms with Crippen LogP contribution >= 0.6 is 11.3 Å². The SMILES string of the molecule is COc1ccccc1C(=O)Nc1nc(-c2ccc3c(c2)CCN3C(=O)C(C)C)cs1. The molecule has 154 valence electrons. The fourth-order valence-corrected chi connectivity index (χ4v) is 4.28. The highest BCUT2D eigenvalue weighted by Crippen LogP contribution is 2.34. The fraction of sp³-hybridized carbons (Fsp3) is 0.261. The van der Waals surface area contributed by atoms with E-state index in [2.05, 4.69) is 16.4 Å². The van der Waals surface area contributed by atoms with Gasteiger partial charge < -0.3 is 9.64 Å². The summed E-state index contributed by atoms with van der Waals surface area (Å²) in [7, 11) is 1.54. The molecule has 1 aliphatic heterocycles. The summed E-state index contributed by atoms with van der Waals surface area (Å²) < 4.78 is 5.26. The monoisotopic (exact) mass is 421 g/mol. The summed E-state index contributed by atoms with van der Waals surface area (Å²) >= 11 is 1.38. The molecule has 0 saturated heterocycles. The maximum atomic E-state index is 12.6. The highest BCUT2D eigenvalue weighted by Gasteiger charge is 2.26. The lowest BCUT2D eigenvalue weighted by atomic mass is 10.1. The first kappa shape index (κ1) is 20.1. The number of carbonyl (C=O) groups is 2. The normalized spacial score (nSPS) is 12.7. The van der Waals surface area contributed by atoms with Crippen molar-refractivity contribution in [3.63, 3.8) is 0 Å². The van der Waals surface area contributed by atoms with E-state index in [0.717, 1.165) is 28.9 Å². The molecule has 2 amide bonds. The minimum atomic E-state index is -0.259. The second-order valence-electron chi connectivity index (χ2n) is 7.43. The van der Waals surface area contributed by atoms with Crippen molar-refractivity contribution < 1.29 is 14.3 Å². The second-order valence-corrected chi connectivity index (χ2v) is 8.29. The number of benzene rings is 2. The van der Waals surface area contributed by atoms with Gasteiger partial charge in [-0.1, -0.05) is 32.0 Å². The maximum absolute atomic E-state index is 12.6. The standard InChI is InChI=1S/C23H23N3O3S/c1-14(2)22(28)26-11-10-16-12-15(8-9-19(16)26)18-13-30-23(24-18)25-21(27)17-6-4-5-7-20(17)29-3/h4-9,12-14H,10-11H2,1-3H3,(H,24,25,27). The number of hydrogen-bond acceptors (Lipinski definition) is 5. The Balaban J connectivity index is 1.52. The summed E-state index contributed by atoms with van der Waals surface area (Å²) in [6.07, 6.45) is 0.836. The number of fused-ring (bicyclic) bond motifs is 1. The second kappa shape index (κ2) is 8.28. The smallest absolute Gasteiger partial charge is 0.261 e. The van der Waals surface area contributed by atoms with Crippen LogP contribution in [0.1, 0.15) is 29.8 Å². The molecule has 2 aromatic carbocycles. The minimum Gasteiger partial charge on any atom is -0.496 e. The zero-order valence-corrected chi connectivity index (χ0v) is 18.0. The van der Waals surface area contributed by atoms with Crippen LogP contribution in [-0.4, -0.2) is 30.5 Å². The van der Waals surface area contributed by atoms with E-state index in [1.165, 1.54) is 18.4 Å².